The second kappa shape index (κ2) is 6.17. The molecule has 7 heteroatoms. The molecule has 1 aromatic heterocycles. The van der Waals surface area contributed by atoms with Crippen molar-refractivity contribution in [2.24, 2.45) is 0 Å². The lowest BCUT2D eigenvalue weighted by atomic mass is 9.85. The van der Waals surface area contributed by atoms with E-state index in [0.717, 1.165) is 12.8 Å². The minimum atomic E-state index is -1.13. The fourth-order valence-corrected chi connectivity index (χ4v) is 4.27. The van der Waals surface area contributed by atoms with Gasteiger partial charge in [-0.15, -0.1) is 10.2 Å². The predicted octanol–water partition coefficient (Wildman–Crippen LogP) is 3.11. The zero-order chi connectivity index (χ0) is 19.2. The fraction of sp³-hybridized carbons (Fsp3) is 0.450. The molecule has 2 aliphatic heterocycles. The van der Waals surface area contributed by atoms with Crippen LogP contribution in [0.2, 0.25) is 0 Å². The van der Waals surface area contributed by atoms with Gasteiger partial charge in [-0.3, -0.25) is 0 Å². The summed E-state index contributed by atoms with van der Waals surface area (Å²) in [6.45, 7) is 4.00. The Labute approximate surface area is 157 Å². The Balaban J connectivity index is 1.53. The molecule has 4 rings (SSSR count). The van der Waals surface area contributed by atoms with Gasteiger partial charge in [0.1, 0.15) is 11.9 Å². The number of nitriles is 1. The molecule has 6 nitrogen and oxygen atoms in total. The highest BCUT2D eigenvalue weighted by Crippen LogP contribution is 2.44. The Bertz CT molecular complexity index is 913. The number of fused-ring (bicyclic) bond motifs is 2. The highest BCUT2D eigenvalue weighted by molar-refractivity contribution is 5.67. The molecule has 0 saturated carbocycles. The van der Waals surface area contributed by atoms with Crippen LogP contribution in [0.4, 0.5) is 4.39 Å². The summed E-state index contributed by atoms with van der Waals surface area (Å²) in [5.74, 6) is 0.213. The third-order valence-electron chi connectivity index (χ3n) is 5.69. The number of alkyl halides is 1. The van der Waals surface area contributed by atoms with E-state index in [1.54, 1.807) is 24.3 Å². The quantitative estimate of drug-likeness (QED) is 0.865. The number of phenolic OH excluding ortho intramolecular Hbond substituents is 1. The van der Waals surface area contributed by atoms with Gasteiger partial charge < -0.3 is 15.2 Å². The molecule has 2 aliphatic rings. The number of nitrogens with zero attached hydrogens (tertiary/aromatic N) is 3. The molecule has 0 aliphatic carbocycles. The van der Waals surface area contributed by atoms with Gasteiger partial charge in [-0.05, 0) is 51.0 Å². The monoisotopic (exact) mass is 368 g/mol. The fourth-order valence-electron chi connectivity index (χ4n) is 4.27. The van der Waals surface area contributed by atoms with Gasteiger partial charge in [0.25, 0.3) is 0 Å². The van der Waals surface area contributed by atoms with Crippen molar-refractivity contribution < 1.29 is 14.2 Å². The molecule has 2 N–H and O–H groups in total. The standard InChI is InChI=1S/C20H21FN4O2/c1-19-7-8-20(2,25-19)18(21)16(10-19)27-17-6-5-14(23-24-17)13-4-3-12(11-22)9-15(13)26/h3-6,9,16,18,25-26H,7-8,10H2,1-2H3/t16-,18-,19-,20+/m1/s1. The van der Waals surface area contributed by atoms with Crippen molar-refractivity contribution in [3.63, 3.8) is 0 Å². The summed E-state index contributed by atoms with van der Waals surface area (Å²) in [5.41, 5.74) is 0.589. The third kappa shape index (κ3) is 3.10. The molecular weight excluding hydrogens is 347 g/mol. The number of hydrogen-bond acceptors (Lipinski definition) is 6. The second-order valence-corrected chi connectivity index (χ2v) is 7.97. The molecule has 27 heavy (non-hydrogen) atoms. The number of aromatic hydroxyl groups is 1. The molecule has 0 unspecified atom stereocenters. The number of nitrogens with one attached hydrogen (secondary N) is 1. The van der Waals surface area contributed by atoms with Crippen molar-refractivity contribution in [2.45, 2.75) is 56.5 Å². The highest BCUT2D eigenvalue weighted by Gasteiger charge is 2.56. The van der Waals surface area contributed by atoms with Crippen molar-refractivity contribution in [1.82, 2.24) is 15.5 Å². The van der Waals surface area contributed by atoms with E-state index in [4.69, 9.17) is 10.00 Å². The van der Waals surface area contributed by atoms with Gasteiger partial charge in [0, 0.05) is 23.6 Å². The summed E-state index contributed by atoms with van der Waals surface area (Å²) in [5, 5.41) is 30.5. The SMILES string of the molecule is C[C@]12CC[C@](C)(N1)[C@H](F)[C@H](Oc1ccc(-c3ccc(C#N)cc3O)nn1)C2. The largest absolute Gasteiger partial charge is 0.507 e. The first-order valence-corrected chi connectivity index (χ1v) is 8.99. The molecule has 2 aromatic rings. The number of rotatable bonds is 3. The van der Waals surface area contributed by atoms with Gasteiger partial charge in [0.2, 0.25) is 5.88 Å². The van der Waals surface area contributed by atoms with E-state index in [1.807, 2.05) is 13.0 Å². The number of piperidine rings is 1. The average Bonchev–Trinajstić information content (AvgIpc) is 2.93. The molecule has 3 heterocycles. The van der Waals surface area contributed by atoms with Gasteiger partial charge in [-0.2, -0.15) is 5.26 Å². The second-order valence-electron chi connectivity index (χ2n) is 7.97. The van der Waals surface area contributed by atoms with Crippen molar-refractivity contribution >= 4 is 0 Å². The molecule has 140 valence electrons. The van der Waals surface area contributed by atoms with Gasteiger partial charge >= 0.3 is 0 Å². The first kappa shape index (κ1) is 17.7. The maximum Gasteiger partial charge on any atom is 0.233 e. The summed E-state index contributed by atoms with van der Waals surface area (Å²) >= 11 is 0. The van der Waals surface area contributed by atoms with Crippen LogP contribution >= 0.6 is 0 Å². The van der Waals surface area contributed by atoms with Crippen molar-refractivity contribution in [2.75, 3.05) is 0 Å². The van der Waals surface area contributed by atoms with Gasteiger partial charge in [0.05, 0.1) is 22.9 Å². The highest BCUT2D eigenvalue weighted by atomic mass is 19.1. The maximum absolute atomic E-state index is 15.0. The summed E-state index contributed by atoms with van der Waals surface area (Å²) in [6.07, 6.45) is 0.577. The number of halogens is 1. The minimum Gasteiger partial charge on any atom is -0.507 e. The van der Waals surface area contributed by atoms with Crippen LogP contribution in [0.1, 0.15) is 38.7 Å². The van der Waals surface area contributed by atoms with Crippen LogP contribution in [-0.4, -0.2) is 38.7 Å². The molecule has 1 aromatic carbocycles. The van der Waals surface area contributed by atoms with Gasteiger partial charge in [-0.25, -0.2) is 4.39 Å². The molecule has 2 fully saturated rings. The van der Waals surface area contributed by atoms with Crippen molar-refractivity contribution in [3.05, 3.63) is 35.9 Å². The van der Waals surface area contributed by atoms with Crippen LogP contribution in [-0.2, 0) is 0 Å². The van der Waals surface area contributed by atoms with Gasteiger partial charge in [0.15, 0.2) is 6.17 Å². The van der Waals surface area contributed by atoms with Crippen LogP contribution in [0.5, 0.6) is 11.6 Å². The normalized spacial score (nSPS) is 32.1. The van der Waals surface area contributed by atoms with E-state index in [1.165, 1.54) is 6.07 Å². The zero-order valence-electron chi connectivity index (χ0n) is 15.2. The van der Waals surface area contributed by atoms with Crippen molar-refractivity contribution in [3.8, 4) is 29.0 Å². The van der Waals surface area contributed by atoms with E-state index in [0.29, 0.717) is 23.2 Å². The molecule has 0 spiro atoms. The number of ether oxygens (including phenoxy) is 1. The van der Waals surface area contributed by atoms with Crippen molar-refractivity contribution in [1.29, 1.82) is 5.26 Å². The summed E-state index contributed by atoms with van der Waals surface area (Å²) in [4.78, 5) is 0. The lowest BCUT2D eigenvalue weighted by Crippen LogP contribution is -2.63. The predicted molar refractivity (Wildman–Crippen MR) is 97.0 cm³/mol. The molecule has 2 saturated heterocycles. The first-order chi connectivity index (χ1) is 12.8. The topological polar surface area (TPSA) is 91.1 Å². The number of phenols is 1. The Hall–Kier alpha value is -2.72. The van der Waals surface area contributed by atoms with E-state index in [-0.39, 0.29) is 17.2 Å². The molecule has 0 radical (unpaired) electrons. The Kier molecular flexibility index (Phi) is 4.04. The lowest BCUT2D eigenvalue weighted by Gasteiger charge is -2.43. The Morgan fingerprint density at radius 2 is 2.07 bits per heavy atom. The van der Waals surface area contributed by atoms with E-state index >= 15 is 0 Å². The molecular formula is C20H21FN4O2. The van der Waals surface area contributed by atoms with Crippen LogP contribution in [0, 0.1) is 11.3 Å². The average molecular weight is 368 g/mol. The minimum absolute atomic E-state index is 0.0448. The molecule has 0 amide bonds. The summed E-state index contributed by atoms with van der Waals surface area (Å²) < 4.78 is 20.8. The van der Waals surface area contributed by atoms with E-state index in [9.17, 15) is 9.50 Å². The zero-order valence-corrected chi connectivity index (χ0v) is 15.2. The molecule has 2 bridgehead atoms. The third-order valence-corrected chi connectivity index (χ3v) is 5.69. The smallest absolute Gasteiger partial charge is 0.233 e. The Morgan fingerprint density at radius 3 is 2.74 bits per heavy atom. The van der Waals surface area contributed by atoms with Gasteiger partial charge in [-0.1, -0.05) is 0 Å². The molecule has 4 atom stereocenters. The van der Waals surface area contributed by atoms with Crippen LogP contribution in [0.3, 0.4) is 0 Å². The number of aromatic nitrogens is 2. The van der Waals surface area contributed by atoms with Crippen LogP contribution in [0.25, 0.3) is 11.3 Å². The summed E-state index contributed by atoms with van der Waals surface area (Å²) in [7, 11) is 0. The number of hydrogen-bond donors (Lipinski definition) is 2. The maximum atomic E-state index is 15.0. The van der Waals surface area contributed by atoms with Crippen LogP contribution < -0.4 is 10.1 Å². The van der Waals surface area contributed by atoms with E-state index in [2.05, 4.69) is 22.4 Å². The summed E-state index contributed by atoms with van der Waals surface area (Å²) in [6, 6.07) is 9.84. The van der Waals surface area contributed by atoms with Crippen LogP contribution in [0.15, 0.2) is 30.3 Å². The lowest BCUT2D eigenvalue weighted by molar-refractivity contribution is -0.00951. The number of benzene rings is 1. The Morgan fingerprint density at radius 1 is 1.26 bits per heavy atom. The first-order valence-electron chi connectivity index (χ1n) is 8.99. The van der Waals surface area contributed by atoms with E-state index < -0.39 is 17.8 Å².